The minimum absolute atomic E-state index is 0.522. The zero-order valence-corrected chi connectivity index (χ0v) is 17.1. The third-order valence-electron chi connectivity index (χ3n) is 4.35. The zero-order chi connectivity index (χ0) is 19.7. The summed E-state index contributed by atoms with van der Waals surface area (Å²) in [6, 6.07) is 20.0. The molecule has 0 aliphatic heterocycles. The van der Waals surface area contributed by atoms with E-state index >= 15 is 0 Å². The van der Waals surface area contributed by atoms with E-state index in [-0.39, 0.29) is 0 Å². The van der Waals surface area contributed by atoms with Crippen LogP contribution in [0.3, 0.4) is 0 Å². The van der Waals surface area contributed by atoms with Gasteiger partial charge in [-0.2, -0.15) is 0 Å². The summed E-state index contributed by atoms with van der Waals surface area (Å²) in [5.74, 6) is -0.522. The highest BCUT2D eigenvalue weighted by Gasteiger charge is 2.39. The van der Waals surface area contributed by atoms with E-state index in [4.69, 9.17) is 9.05 Å². The average molecular weight is 385 g/mol. The first kappa shape index (κ1) is 21.3. The van der Waals surface area contributed by atoms with E-state index in [1.54, 1.807) is 6.08 Å². The standard InChI is InChI=1S/C22H28NO3P/c1-5-16-23(18-21-14-10-7-11-15-21)22(27(24,25-3)26-4)19(2)17-20-12-8-6-9-13-20/h5-15,17,22H,1,16,18H2,2-4H3/b19-17+. The van der Waals surface area contributed by atoms with E-state index in [2.05, 4.69) is 11.5 Å². The van der Waals surface area contributed by atoms with Crippen LogP contribution in [0.1, 0.15) is 18.1 Å². The Bertz CT molecular complexity index is 782. The van der Waals surface area contributed by atoms with Crippen LogP contribution in [0.2, 0.25) is 0 Å². The second kappa shape index (κ2) is 10.4. The number of rotatable bonds is 10. The normalized spacial score (nSPS) is 13.6. The Balaban J connectivity index is 2.46. The lowest BCUT2D eigenvalue weighted by atomic mass is 10.1. The van der Waals surface area contributed by atoms with Crippen LogP contribution in [-0.2, 0) is 20.2 Å². The summed E-state index contributed by atoms with van der Waals surface area (Å²) in [5.41, 5.74) is 3.07. The maximum Gasteiger partial charge on any atom is 0.351 e. The van der Waals surface area contributed by atoms with E-state index in [1.165, 1.54) is 14.2 Å². The fourth-order valence-corrected chi connectivity index (χ4v) is 4.83. The van der Waals surface area contributed by atoms with Crippen molar-refractivity contribution in [3.8, 4) is 0 Å². The van der Waals surface area contributed by atoms with Gasteiger partial charge in [-0.25, -0.2) is 0 Å². The molecule has 2 aromatic rings. The van der Waals surface area contributed by atoms with Crippen LogP contribution in [0.4, 0.5) is 0 Å². The summed E-state index contributed by atoms with van der Waals surface area (Å²) < 4.78 is 24.2. The van der Waals surface area contributed by atoms with E-state index < -0.39 is 13.4 Å². The second-order valence-corrected chi connectivity index (χ2v) is 8.58. The molecule has 0 saturated carbocycles. The minimum atomic E-state index is -3.40. The lowest BCUT2D eigenvalue weighted by Crippen LogP contribution is -2.36. The average Bonchev–Trinajstić information content (AvgIpc) is 2.69. The highest BCUT2D eigenvalue weighted by molar-refractivity contribution is 7.54. The summed E-state index contributed by atoms with van der Waals surface area (Å²) in [6.07, 6.45) is 3.83. The van der Waals surface area contributed by atoms with Gasteiger partial charge in [-0.15, -0.1) is 6.58 Å². The van der Waals surface area contributed by atoms with Crippen LogP contribution in [0.25, 0.3) is 6.08 Å². The molecule has 5 heteroatoms. The van der Waals surface area contributed by atoms with Crippen molar-refractivity contribution in [2.75, 3.05) is 20.8 Å². The second-order valence-electron chi connectivity index (χ2n) is 6.28. The molecule has 0 radical (unpaired) electrons. The van der Waals surface area contributed by atoms with Gasteiger partial charge in [0.25, 0.3) is 0 Å². The Kier molecular flexibility index (Phi) is 8.21. The first-order valence-corrected chi connectivity index (χ1v) is 10.5. The van der Waals surface area contributed by atoms with E-state index in [9.17, 15) is 4.57 Å². The molecular weight excluding hydrogens is 357 g/mol. The molecule has 1 unspecified atom stereocenters. The SMILES string of the molecule is C=CCN(Cc1ccccc1)C(/C(C)=C/c1ccccc1)P(=O)(OC)OC. The highest BCUT2D eigenvalue weighted by Crippen LogP contribution is 2.55. The van der Waals surface area contributed by atoms with Gasteiger partial charge in [0.2, 0.25) is 0 Å². The van der Waals surface area contributed by atoms with Gasteiger partial charge in [-0.3, -0.25) is 9.46 Å². The van der Waals surface area contributed by atoms with Crippen molar-refractivity contribution in [2.45, 2.75) is 19.3 Å². The predicted molar refractivity (Wildman–Crippen MR) is 113 cm³/mol. The summed E-state index contributed by atoms with van der Waals surface area (Å²) in [5, 5.41) is 0. The molecule has 2 rings (SSSR count). The molecule has 0 spiro atoms. The predicted octanol–water partition coefficient (Wildman–Crippen LogP) is 5.59. The van der Waals surface area contributed by atoms with Gasteiger partial charge in [0.1, 0.15) is 5.78 Å². The lowest BCUT2D eigenvalue weighted by Gasteiger charge is -2.35. The Morgan fingerprint density at radius 1 is 1.07 bits per heavy atom. The molecule has 27 heavy (non-hydrogen) atoms. The van der Waals surface area contributed by atoms with E-state index in [0.29, 0.717) is 13.1 Å². The van der Waals surface area contributed by atoms with Crippen LogP contribution >= 0.6 is 7.60 Å². The zero-order valence-electron chi connectivity index (χ0n) is 16.2. The molecule has 2 aromatic carbocycles. The molecule has 1 atom stereocenters. The summed E-state index contributed by atoms with van der Waals surface area (Å²) in [7, 11) is -0.533. The third-order valence-corrected chi connectivity index (χ3v) is 6.70. The smallest absolute Gasteiger partial charge is 0.311 e. The van der Waals surface area contributed by atoms with Crippen LogP contribution in [0, 0.1) is 0 Å². The molecular formula is C22H28NO3P. The topological polar surface area (TPSA) is 38.8 Å². The number of nitrogens with zero attached hydrogens (tertiary/aromatic N) is 1. The van der Waals surface area contributed by atoms with Crippen LogP contribution in [0.5, 0.6) is 0 Å². The molecule has 0 N–H and O–H groups in total. The molecule has 0 aliphatic carbocycles. The molecule has 0 fully saturated rings. The monoisotopic (exact) mass is 385 g/mol. The molecule has 0 saturated heterocycles. The molecule has 0 aromatic heterocycles. The van der Waals surface area contributed by atoms with Gasteiger partial charge in [-0.05, 0) is 23.6 Å². The molecule has 144 valence electrons. The molecule has 0 amide bonds. The van der Waals surface area contributed by atoms with Gasteiger partial charge < -0.3 is 9.05 Å². The Hall–Kier alpha value is -1.97. The fraction of sp³-hybridized carbons (Fsp3) is 0.273. The third kappa shape index (κ3) is 5.75. The quantitative estimate of drug-likeness (QED) is 0.395. The van der Waals surface area contributed by atoms with Gasteiger partial charge in [-0.1, -0.05) is 72.8 Å². The minimum Gasteiger partial charge on any atom is -0.311 e. The summed E-state index contributed by atoms with van der Waals surface area (Å²) in [6.45, 7) is 6.99. The van der Waals surface area contributed by atoms with Crippen molar-refractivity contribution >= 4 is 13.7 Å². The van der Waals surface area contributed by atoms with E-state index in [1.807, 2.05) is 73.7 Å². The van der Waals surface area contributed by atoms with E-state index in [0.717, 1.165) is 16.7 Å². The largest absolute Gasteiger partial charge is 0.351 e. The van der Waals surface area contributed by atoms with Gasteiger partial charge in [0.15, 0.2) is 0 Å². The molecule has 0 aliphatic rings. The first-order chi connectivity index (χ1) is 13.0. The molecule has 0 heterocycles. The Labute approximate surface area is 162 Å². The number of benzene rings is 2. The fourth-order valence-electron chi connectivity index (χ4n) is 3.13. The number of hydrogen-bond donors (Lipinski definition) is 0. The molecule has 0 bridgehead atoms. The van der Waals surface area contributed by atoms with Crippen molar-refractivity contribution in [1.29, 1.82) is 0 Å². The highest BCUT2D eigenvalue weighted by atomic mass is 31.2. The maximum atomic E-state index is 13.4. The van der Waals surface area contributed by atoms with Crippen molar-refractivity contribution < 1.29 is 13.6 Å². The van der Waals surface area contributed by atoms with Crippen LogP contribution < -0.4 is 0 Å². The van der Waals surface area contributed by atoms with Crippen LogP contribution in [-0.4, -0.2) is 31.4 Å². The van der Waals surface area contributed by atoms with Crippen molar-refractivity contribution in [3.05, 3.63) is 90.0 Å². The van der Waals surface area contributed by atoms with Crippen molar-refractivity contribution in [1.82, 2.24) is 4.90 Å². The Morgan fingerprint density at radius 3 is 2.15 bits per heavy atom. The lowest BCUT2D eigenvalue weighted by molar-refractivity contribution is 0.209. The van der Waals surface area contributed by atoms with Crippen molar-refractivity contribution in [2.24, 2.45) is 0 Å². The van der Waals surface area contributed by atoms with Gasteiger partial charge in [0, 0.05) is 27.3 Å². The Morgan fingerprint density at radius 2 is 1.63 bits per heavy atom. The first-order valence-electron chi connectivity index (χ1n) is 8.87. The van der Waals surface area contributed by atoms with Gasteiger partial charge >= 0.3 is 7.60 Å². The summed E-state index contributed by atoms with van der Waals surface area (Å²) in [4.78, 5) is 2.07. The summed E-state index contributed by atoms with van der Waals surface area (Å²) >= 11 is 0. The van der Waals surface area contributed by atoms with Gasteiger partial charge in [0.05, 0.1) is 0 Å². The molecule has 4 nitrogen and oxygen atoms in total. The maximum absolute atomic E-state index is 13.4. The number of hydrogen-bond acceptors (Lipinski definition) is 4. The van der Waals surface area contributed by atoms with Crippen LogP contribution in [0.15, 0.2) is 78.9 Å². The van der Waals surface area contributed by atoms with Crippen molar-refractivity contribution in [3.63, 3.8) is 0 Å².